The zero-order valence-corrected chi connectivity index (χ0v) is 17.8. The van der Waals surface area contributed by atoms with Crippen molar-refractivity contribution in [2.24, 2.45) is 0 Å². The molecule has 0 aliphatic heterocycles. The van der Waals surface area contributed by atoms with Crippen molar-refractivity contribution >= 4 is 40.0 Å². The zero-order chi connectivity index (χ0) is 20.1. The van der Waals surface area contributed by atoms with Crippen LogP contribution in [0.5, 0.6) is 0 Å². The molecule has 0 saturated carbocycles. The number of rotatable bonds is 8. The van der Waals surface area contributed by atoms with Crippen LogP contribution in [0.3, 0.4) is 0 Å². The van der Waals surface area contributed by atoms with Crippen LogP contribution in [-0.2, 0) is 12.3 Å². The number of amides is 1. The van der Waals surface area contributed by atoms with Crippen molar-refractivity contribution in [1.29, 1.82) is 0 Å². The molecule has 2 aromatic heterocycles. The van der Waals surface area contributed by atoms with Crippen molar-refractivity contribution in [3.05, 3.63) is 76.5 Å². The minimum Gasteiger partial charge on any atom is -0.352 e. The topological polar surface area (TPSA) is 59.8 Å². The number of imidazole rings is 1. The third-order valence-corrected chi connectivity index (χ3v) is 6.49. The van der Waals surface area contributed by atoms with Gasteiger partial charge in [-0.1, -0.05) is 24.3 Å². The van der Waals surface area contributed by atoms with Crippen molar-refractivity contribution in [1.82, 2.24) is 19.9 Å². The molecule has 0 saturated heterocycles. The molecule has 0 unspecified atom stereocenters. The van der Waals surface area contributed by atoms with Crippen LogP contribution in [0, 0.1) is 6.92 Å². The lowest BCUT2D eigenvalue weighted by Gasteiger charge is -2.10. The molecule has 0 atom stereocenters. The van der Waals surface area contributed by atoms with Gasteiger partial charge >= 0.3 is 0 Å². The number of thiazole rings is 1. The minimum absolute atomic E-state index is 0.0296. The third kappa shape index (κ3) is 4.86. The fraction of sp³-hybridized carbons (Fsp3) is 0.227. The maximum absolute atomic E-state index is 12.7. The van der Waals surface area contributed by atoms with E-state index in [2.05, 4.69) is 31.3 Å². The molecule has 1 N–H and O–H groups in total. The Labute approximate surface area is 178 Å². The van der Waals surface area contributed by atoms with E-state index in [4.69, 9.17) is 0 Å². The summed E-state index contributed by atoms with van der Waals surface area (Å²) in [6.07, 6.45) is 2.71. The van der Waals surface area contributed by atoms with Crippen LogP contribution in [0.25, 0.3) is 11.0 Å². The number of fused-ring (bicyclic) bond motifs is 1. The molecule has 29 heavy (non-hydrogen) atoms. The smallest absolute Gasteiger partial charge is 0.252 e. The lowest BCUT2D eigenvalue weighted by atomic mass is 10.2. The first-order chi connectivity index (χ1) is 14.2. The predicted octanol–water partition coefficient (Wildman–Crippen LogP) is 4.91. The maximum atomic E-state index is 12.7. The molecule has 0 bridgehead atoms. The van der Waals surface area contributed by atoms with Crippen LogP contribution in [0.1, 0.15) is 27.5 Å². The highest BCUT2D eigenvalue weighted by Crippen LogP contribution is 2.26. The highest BCUT2D eigenvalue weighted by atomic mass is 32.2. The molecule has 2 aromatic carbocycles. The standard InChI is InChI=1S/C22H22N4OS2/c1-16-25-17(13-28-16)14-29-21-10-5-2-7-18(21)22(27)23-11-6-12-26-15-24-19-8-3-4-9-20(19)26/h2-5,7-10,13,15H,6,11-12,14H2,1H3,(H,23,27). The van der Waals surface area contributed by atoms with Crippen molar-refractivity contribution in [3.63, 3.8) is 0 Å². The second kappa shape index (κ2) is 9.24. The Bertz CT molecular complexity index is 1120. The highest BCUT2D eigenvalue weighted by molar-refractivity contribution is 7.98. The first kappa shape index (κ1) is 19.7. The number of aromatic nitrogens is 3. The second-order valence-electron chi connectivity index (χ2n) is 6.68. The maximum Gasteiger partial charge on any atom is 0.252 e. The van der Waals surface area contributed by atoms with Gasteiger partial charge in [0, 0.05) is 29.1 Å². The van der Waals surface area contributed by atoms with Gasteiger partial charge in [0.25, 0.3) is 5.91 Å². The lowest BCUT2D eigenvalue weighted by Crippen LogP contribution is -2.25. The summed E-state index contributed by atoms with van der Waals surface area (Å²) in [6, 6.07) is 15.8. The SMILES string of the molecule is Cc1nc(CSc2ccccc2C(=O)NCCCn2cnc3ccccc32)cs1. The van der Waals surface area contributed by atoms with E-state index >= 15 is 0 Å². The fourth-order valence-electron chi connectivity index (χ4n) is 3.14. The normalized spacial score (nSPS) is 11.1. The second-order valence-corrected chi connectivity index (χ2v) is 8.76. The number of hydrogen-bond donors (Lipinski definition) is 1. The molecule has 2 heterocycles. The molecule has 0 radical (unpaired) electrons. The largest absolute Gasteiger partial charge is 0.352 e. The number of benzene rings is 2. The summed E-state index contributed by atoms with van der Waals surface area (Å²) in [7, 11) is 0. The zero-order valence-electron chi connectivity index (χ0n) is 16.2. The molecule has 0 aliphatic rings. The Hall–Kier alpha value is -2.64. The first-order valence-corrected chi connectivity index (χ1v) is 11.4. The van der Waals surface area contributed by atoms with E-state index in [1.165, 1.54) is 0 Å². The Balaban J connectivity index is 1.31. The summed E-state index contributed by atoms with van der Waals surface area (Å²) in [5.41, 5.74) is 3.90. The average Bonchev–Trinajstić information content (AvgIpc) is 3.36. The van der Waals surface area contributed by atoms with E-state index in [1.54, 1.807) is 23.1 Å². The number of hydrogen-bond acceptors (Lipinski definition) is 5. The summed E-state index contributed by atoms with van der Waals surface area (Å²) in [6.45, 7) is 3.45. The molecule has 5 nitrogen and oxygen atoms in total. The van der Waals surface area contributed by atoms with Gasteiger partial charge in [0.05, 0.1) is 33.6 Å². The quantitative estimate of drug-likeness (QED) is 0.324. The van der Waals surface area contributed by atoms with Crippen molar-refractivity contribution in [2.45, 2.75) is 30.5 Å². The molecule has 7 heteroatoms. The first-order valence-electron chi connectivity index (χ1n) is 9.51. The van der Waals surface area contributed by atoms with Crippen molar-refractivity contribution in [2.75, 3.05) is 6.54 Å². The highest BCUT2D eigenvalue weighted by Gasteiger charge is 2.12. The Morgan fingerprint density at radius 1 is 1.17 bits per heavy atom. The van der Waals surface area contributed by atoms with E-state index < -0.39 is 0 Å². The minimum atomic E-state index is -0.0296. The Morgan fingerprint density at radius 2 is 2.00 bits per heavy atom. The van der Waals surface area contributed by atoms with E-state index in [9.17, 15) is 4.79 Å². The number of carbonyl (C=O) groups is 1. The Morgan fingerprint density at radius 3 is 2.86 bits per heavy atom. The molecule has 0 spiro atoms. The summed E-state index contributed by atoms with van der Waals surface area (Å²) in [5.74, 6) is 0.737. The third-order valence-electron chi connectivity index (χ3n) is 4.56. The number of para-hydroxylation sites is 2. The monoisotopic (exact) mass is 422 g/mol. The molecule has 0 aliphatic carbocycles. The summed E-state index contributed by atoms with van der Waals surface area (Å²) >= 11 is 3.30. The summed E-state index contributed by atoms with van der Waals surface area (Å²) in [5, 5.41) is 6.19. The number of nitrogens with zero attached hydrogens (tertiary/aromatic N) is 3. The summed E-state index contributed by atoms with van der Waals surface area (Å²) < 4.78 is 2.13. The molecule has 4 rings (SSSR count). The number of carbonyl (C=O) groups excluding carboxylic acids is 1. The van der Waals surface area contributed by atoms with Crippen LogP contribution in [0.4, 0.5) is 0 Å². The number of nitrogens with one attached hydrogen (secondary N) is 1. The molecule has 1 amide bonds. The fourth-order valence-corrected chi connectivity index (χ4v) is 4.80. The molecular weight excluding hydrogens is 400 g/mol. The predicted molar refractivity (Wildman–Crippen MR) is 120 cm³/mol. The van der Waals surface area contributed by atoms with Gasteiger partial charge in [-0.3, -0.25) is 4.79 Å². The molecule has 148 valence electrons. The van der Waals surface area contributed by atoms with E-state index in [-0.39, 0.29) is 5.91 Å². The van der Waals surface area contributed by atoms with Gasteiger partial charge in [-0.15, -0.1) is 23.1 Å². The average molecular weight is 423 g/mol. The van der Waals surface area contributed by atoms with Gasteiger partial charge in [0.1, 0.15) is 0 Å². The van der Waals surface area contributed by atoms with E-state index in [1.807, 2.05) is 55.7 Å². The van der Waals surface area contributed by atoms with Crippen LogP contribution in [-0.4, -0.2) is 27.0 Å². The summed E-state index contributed by atoms with van der Waals surface area (Å²) in [4.78, 5) is 22.6. The molecular formula is C22H22N4OS2. The Kier molecular flexibility index (Phi) is 6.27. The van der Waals surface area contributed by atoms with Crippen molar-refractivity contribution < 1.29 is 4.79 Å². The van der Waals surface area contributed by atoms with Crippen LogP contribution in [0.2, 0.25) is 0 Å². The molecule has 4 aromatic rings. The van der Waals surface area contributed by atoms with Gasteiger partial charge < -0.3 is 9.88 Å². The lowest BCUT2D eigenvalue weighted by molar-refractivity contribution is 0.0950. The van der Waals surface area contributed by atoms with Crippen LogP contribution < -0.4 is 5.32 Å². The molecule has 0 fully saturated rings. The van der Waals surface area contributed by atoms with Gasteiger partial charge in [0.2, 0.25) is 0 Å². The number of thioether (sulfide) groups is 1. The number of aryl methyl sites for hydroxylation is 2. The van der Waals surface area contributed by atoms with E-state index in [0.717, 1.165) is 50.9 Å². The van der Waals surface area contributed by atoms with Crippen molar-refractivity contribution in [3.8, 4) is 0 Å². The van der Waals surface area contributed by atoms with Crippen LogP contribution >= 0.6 is 23.1 Å². The van der Waals surface area contributed by atoms with Crippen LogP contribution in [0.15, 0.2) is 65.1 Å². The van der Waals surface area contributed by atoms with E-state index in [0.29, 0.717) is 6.54 Å². The van der Waals surface area contributed by atoms with Gasteiger partial charge in [-0.2, -0.15) is 0 Å². The van der Waals surface area contributed by atoms with Gasteiger partial charge in [0.15, 0.2) is 0 Å². The van der Waals surface area contributed by atoms with Gasteiger partial charge in [-0.25, -0.2) is 9.97 Å². The van der Waals surface area contributed by atoms with Gasteiger partial charge in [-0.05, 0) is 37.6 Å².